The van der Waals surface area contributed by atoms with Crippen molar-refractivity contribution in [1.29, 1.82) is 0 Å². The Balaban J connectivity index is 2.68. The van der Waals surface area contributed by atoms with E-state index >= 15 is 0 Å². The Kier molecular flexibility index (Phi) is 1.70. The van der Waals surface area contributed by atoms with Crippen LogP contribution < -0.4 is 0 Å². The van der Waals surface area contributed by atoms with Crippen molar-refractivity contribution >= 4 is 5.78 Å². The second-order valence-electron chi connectivity index (χ2n) is 2.69. The van der Waals surface area contributed by atoms with E-state index in [1.807, 2.05) is 0 Å². The zero-order chi connectivity index (χ0) is 6.85. The van der Waals surface area contributed by atoms with Crippen LogP contribution in [0.3, 0.4) is 0 Å². The van der Waals surface area contributed by atoms with Gasteiger partial charge in [0, 0.05) is 0 Å². The van der Waals surface area contributed by atoms with Crippen LogP contribution in [0.4, 0.5) is 0 Å². The molecule has 0 aliphatic heterocycles. The van der Waals surface area contributed by atoms with Gasteiger partial charge in [-0.05, 0) is 31.3 Å². The van der Waals surface area contributed by atoms with Crippen molar-refractivity contribution in [1.82, 2.24) is 0 Å². The number of carbonyl (C=O) groups is 1. The standard InChI is InChI=1S/C8H12O/c1-6-4-3-5-8(6)7(2)9/h5-6H,3-4H2,1-2H3. The molecular weight excluding hydrogens is 112 g/mol. The number of carbonyl (C=O) groups excluding carboxylic acids is 1. The molecule has 1 atom stereocenters. The molecule has 0 amide bonds. The minimum absolute atomic E-state index is 0.250. The second kappa shape index (κ2) is 2.34. The number of ketones is 1. The predicted molar refractivity (Wildman–Crippen MR) is 37.2 cm³/mol. The summed E-state index contributed by atoms with van der Waals surface area (Å²) in [5.41, 5.74) is 1.04. The third kappa shape index (κ3) is 1.21. The lowest BCUT2D eigenvalue weighted by Gasteiger charge is -2.02. The van der Waals surface area contributed by atoms with Crippen LogP contribution in [0.15, 0.2) is 11.6 Å². The van der Waals surface area contributed by atoms with Gasteiger partial charge in [0.15, 0.2) is 5.78 Å². The van der Waals surface area contributed by atoms with Crippen molar-refractivity contribution in [3.63, 3.8) is 0 Å². The minimum Gasteiger partial charge on any atom is -0.295 e. The highest BCUT2D eigenvalue weighted by molar-refractivity contribution is 5.94. The highest BCUT2D eigenvalue weighted by atomic mass is 16.1. The Morgan fingerprint density at radius 2 is 2.44 bits per heavy atom. The monoisotopic (exact) mass is 124 g/mol. The molecule has 1 nitrogen and oxygen atoms in total. The second-order valence-corrected chi connectivity index (χ2v) is 2.69. The molecule has 1 aliphatic rings. The van der Waals surface area contributed by atoms with Crippen LogP contribution in [-0.4, -0.2) is 5.78 Å². The Hall–Kier alpha value is -0.590. The van der Waals surface area contributed by atoms with Gasteiger partial charge in [-0.1, -0.05) is 13.0 Å². The molecule has 1 unspecified atom stereocenters. The van der Waals surface area contributed by atoms with Gasteiger partial charge >= 0.3 is 0 Å². The van der Waals surface area contributed by atoms with Gasteiger partial charge < -0.3 is 0 Å². The number of hydrogen-bond donors (Lipinski definition) is 0. The average molecular weight is 124 g/mol. The van der Waals surface area contributed by atoms with Gasteiger partial charge in [0.1, 0.15) is 0 Å². The summed E-state index contributed by atoms with van der Waals surface area (Å²) >= 11 is 0. The number of allylic oxidation sites excluding steroid dienone is 2. The molecule has 0 aromatic rings. The summed E-state index contributed by atoms with van der Waals surface area (Å²) in [5, 5.41) is 0. The normalized spacial score (nSPS) is 26.0. The lowest BCUT2D eigenvalue weighted by Crippen LogP contribution is -2.01. The average Bonchev–Trinajstić information content (AvgIpc) is 2.13. The first kappa shape index (κ1) is 6.53. The molecule has 0 aromatic heterocycles. The highest BCUT2D eigenvalue weighted by Crippen LogP contribution is 2.24. The van der Waals surface area contributed by atoms with E-state index in [-0.39, 0.29) is 5.78 Å². The fraction of sp³-hybridized carbons (Fsp3) is 0.625. The van der Waals surface area contributed by atoms with Gasteiger partial charge in [-0.3, -0.25) is 4.79 Å². The Labute approximate surface area is 55.8 Å². The smallest absolute Gasteiger partial charge is 0.155 e. The van der Waals surface area contributed by atoms with E-state index < -0.39 is 0 Å². The summed E-state index contributed by atoms with van der Waals surface area (Å²) in [5.74, 6) is 0.766. The van der Waals surface area contributed by atoms with Crippen LogP contribution in [0.1, 0.15) is 26.7 Å². The Morgan fingerprint density at radius 3 is 2.67 bits per heavy atom. The molecule has 1 heteroatoms. The third-order valence-electron chi connectivity index (χ3n) is 1.90. The van der Waals surface area contributed by atoms with E-state index in [4.69, 9.17) is 0 Å². The van der Waals surface area contributed by atoms with E-state index in [1.165, 1.54) is 0 Å². The zero-order valence-corrected chi connectivity index (χ0v) is 5.98. The molecule has 0 N–H and O–H groups in total. The zero-order valence-electron chi connectivity index (χ0n) is 5.98. The van der Waals surface area contributed by atoms with Crippen LogP contribution in [0.2, 0.25) is 0 Å². The van der Waals surface area contributed by atoms with Crippen molar-refractivity contribution in [2.75, 3.05) is 0 Å². The van der Waals surface area contributed by atoms with Crippen LogP contribution >= 0.6 is 0 Å². The summed E-state index contributed by atoms with van der Waals surface area (Å²) in [6.45, 7) is 3.76. The van der Waals surface area contributed by atoms with Crippen molar-refractivity contribution in [3.05, 3.63) is 11.6 Å². The SMILES string of the molecule is CC(=O)C1=CCCC1C. The topological polar surface area (TPSA) is 17.1 Å². The van der Waals surface area contributed by atoms with Gasteiger partial charge in [-0.25, -0.2) is 0 Å². The van der Waals surface area contributed by atoms with E-state index in [9.17, 15) is 4.79 Å². The van der Waals surface area contributed by atoms with Crippen molar-refractivity contribution < 1.29 is 4.79 Å². The predicted octanol–water partition coefficient (Wildman–Crippen LogP) is 1.93. The number of hydrogen-bond acceptors (Lipinski definition) is 1. The molecule has 0 aromatic carbocycles. The molecule has 9 heavy (non-hydrogen) atoms. The summed E-state index contributed by atoms with van der Waals surface area (Å²) in [6, 6.07) is 0. The highest BCUT2D eigenvalue weighted by Gasteiger charge is 2.16. The third-order valence-corrected chi connectivity index (χ3v) is 1.90. The Bertz CT molecular complexity index is 156. The molecule has 0 heterocycles. The quantitative estimate of drug-likeness (QED) is 0.522. The van der Waals surface area contributed by atoms with Crippen molar-refractivity contribution in [2.45, 2.75) is 26.7 Å². The van der Waals surface area contributed by atoms with Crippen LogP contribution in [0.25, 0.3) is 0 Å². The molecule has 50 valence electrons. The van der Waals surface area contributed by atoms with Crippen LogP contribution in [-0.2, 0) is 4.79 Å². The number of rotatable bonds is 1. The van der Waals surface area contributed by atoms with Crippen molar-refractivity contribution in [3.8, 4) is 0 Å². The van der Waals surface area contributed by atoms with E-state index in [2.05, 4.69) is 13.0 Å². The number of Topliss-reactive ketones (excluding diaryl/α,β-unsaturated/α-hetero) is 1. The van der Waals surface area contributed by atoms with Gasteiger partial charge in [0.25, 0.3) is 0 Å². The maximum Gasteiger partial charge on any atom is 0.155 e. The maximum absolute atomic E-state index is 10.8. The van der Waals surface area contributed by atoms with Crippen molar-refractivity contribution in [2.24, 2.45) is 5.92 Å². The van der Waals surface area contributed by atoms with Crippen LogP contribution in [0, 0.1) is 5.92 Å². The fourth-order valence-electron chi connectivity index (χ4n) is 1.34. The molecule has 0 radical (unpaired) electrons. The van der Waals surface area contributed by atoms with E-state index in [0.29, 0.717) is 5.92 Å². The van der Waals surface area contributed by atoms with Gasteiger partial charge in [-0.15, -0.1) is 0 Å². The summed E-state index contributed by atoms with van der Waals surface area (Å²) in [6.07, 6.45) is 4.32. The molecule has 0 saturated carbocycles. The largest absolute Gasteiger partial charge is 0.295 e. The first-order valence-corrected chi connectivity index (χ1v) is 3.43. The molecule has 0 bridgehead atoms. The summed E-state index contributed by atoms with van der Waals surface area (Å²) < 4.78 is 0. The molecule has 0 fully saturated rings. The Morgan fingerprint density at radius 1 is 1.78 bits per heavy atom. The molecule has 0 spiro atoms. The first-order valence-electron chi connectivity index (χ1n) is 3.43. The lowest BCUT2D eigenvalue weighted by atomic mass is 10.0. The maximum atomic E-state index is 10.8. The fourth-order valence-corrected chi connectivity index (χ4v) is 1.34. The van der Waals surface area contributed by atoms with Gasteiger partial charge in [0.2, 0.25) is 0 Å². The first-order chi connectivity index (χ1) is 4.22. The minimum atomic E-state index is 0.250. The molecule has 1 aliphatic carbocycles. The molecule has 0 saturated heterocycles. The lowest BCUT2D eigenvalue weighted by molar-refractivity contribution is -0.114. The molecular formula is C8H12O. The van der Waals surface area contributed by atoms with Gasteiger partial charge in [0.05, 0.1) is 0 Å². The molecule has 1 rings (SSSR count). The van der Waals surface area contributed by atoms with Gasteiger partial charge in [-0.2, -0.15) is 0 Å². The van der Waals surface area contributed by atoms with E-state index in [1.54, 1.807) is 6.92 Å². The summed E-state index contributed by atoms with van der Waals surface area (Å²) in [7, 11) is 0. The summed E-state index contributed by atoms with van der Waals surface area (Å²) in [4.78, 5) is 10.8. The van der Waals surface area contributed by atoms with E-state index in [0.717, 1.165) is 18.4 Å². The van der Waals surface area contributed by atoms with Crippen LogP contribution in [0.5, 0.6) is 0 Å².